The fourth-order valence-electron chi connectivity index (χ4n) is 1.60. The Labute approximate surface area is 116 Å². The van der Waals surface area contributed by atoms with Gasteiger partial charge in [-0.2, -0.15) is 0 Å². The average molecular weight is 315 g/mol. The smallest absolute Gasteiger partial charge is 0.237 e. The molecule has 0 aliphatic carbocycles. The number of hydrogen-bond donors (Lipinski definition) is 2. The van der Waals surface area contributed by atoms with Crippen molar-refractivity contribution < 1.29 is 9.53 Å². The highest BCUT2D eigenvalue weighted by Gasteiger charge is 2.17. The van der Waals surface area contributed by atoms with Gasteiger partial charge in [0.05, 0.1) is 12.1 Å². The van der Waals surface area contributed by atoms with Gasteiger partial charge >= 0.3 is 0 Å². The predicted octanol–water partition coefficient (Wildman–Crippen LogP) is 1.99. The molecule has 0 aliphatic heterocycles. The highest BCUT2D eigenvalue weighted by atomic mass is 79.9. The number of methoxy groups -OCH3 is 1. The van der Waals surface area contributed by atoms with Gasteiger partial charge in [0.25, 0.3) is 0 Å². The van der Waals surface area contributed by atoms with Gasteiger partial charge in [0, 0.05) is 18.2 Å². The lowest BCUT2D eigenvalue weighted by Gasteiger charge is -2.18. The van der Waals surface area contributed by atoms with Crippen LogP contribution in [0.2, 0.25) is 0 Å². The summed E-state index contributed by atoms with van der Waals surface area (Å²) in [5.41, 5.74) is 6.80. The van der Waals surface area contributed by atoms with E-state index in [1.165, 1.54) is 0 Å². The molecule has 0 spiro atoms. The van der Waals surface area contributed by atoms with Gasteiger partial charge in [-0.25, -0.2) is 0 Å². The zero-order valence-electron chi connectivity index (χ0n) is 10.7. The van der Waals surface area contributed by atoms with Crippen LogP contribution in [0.15, 0.2) is 28.7 Å². The molecule has 1 unspecified atom stereocenters. The minimum atomic E-state index is -0.533. The van der Waals surface area contributed by atoms with E-state index in [9.17, 15) is 4.79 Å². The first kappa shape index (κ1) is 15.1. The van der Waals surface area contributed by atoms with Gasteiger partial charge in [0.15, 0.2) is 0 Å². The van der Waals surface area contributed by atoms with E-state index in [2.05, 4.69) is 21.2 Å². The standard InChI is InChI=1S/C13H19BrN2O2/c1-9(10-5-3-4-6-11(10)14)16-13(17)12(15)7-8-18-2/h3-6,9,12H,7-8,15H2,1-2H3,(H,16,17)/t9-,12?/m0/s1. The Kier molecular flexibility index (Phi) is 6.32. The molecule has 0 radical (unpaired) electrons. The normalized spacial score (nSPS) is 14.0. The minimum absolute atomic E-state index is 0.0818. The van der Waals surface area contributed by atoms with E-state index in [1.807, 2.05) is 31.2 Å². The lowest BCUT2D eigenvalue weighted by Crippen LogP contribution is -2.42. The van der Waals surface area contributed by atoms with Gasteiger partial charge in [0.1, 0.15) is 0 Å². The molecule has 0 saturated heterocycles. The van der Waals surface area contributed by atoms with E-state index in [4.69, 9.17) is 10.5 Å². The lowest BCUT2D eigenvalue weighted by molar-refractivity contribution is -0.123. The lowest BCUT2D eigenvalue weighted by atomic mass is 10.1. The van der Waals surface area contributed by atoms with Crippen molar-refractivity contribution in [3.63, 3.8) is 0 Å². The van der Waals surface area contributed by atoms with Crippen molar-refractivity contribution in [3.8, 4) is 0 Å². The summed E-state index contributed by atoms with van der Waals surface area (Å²) >= 11 is 3.46. The summed E-state index contributed by atoms with van der Waals surface area (Å²) < 4.78 is 5.88. The van der Waals surface area contributed by atoms with Gasteiger partial charge in [-0.05, 0) is 25.0 Å². The fourth-order valence-corrected chi connectivity index (χ4v) is 2.23. The maximum absolute atomic E-state index is 11.8. The van der Waals surface area contributed by atoms with E-state index < -0.39 is 6.04 Å². The SMILES string of the molecule is COCCC(N)C(=O)N[C@@H](C)c1ccccc1Br. The molecule has 0 aromatic heterocycles. The Morgan fingerprint density at radius 2 is 2.17 bits per heavy atom. The van der Waals surface area contributed by atoms with Crippen molar-refractivity contribution in [2.24, 2.45) is 5.73 Å². The molecule has 1 rings (SSSR count). The van der Waals surface area contributed by atoms with Crippen LogP contribution in [-0.4, -0.2) is 25.7 Å². The first-order valence-electron chi connectivity index (χ1n) is 5.85. The topological polar surface area (TPSA) is 64.3 Å². The molecule has 5 heteroatoms. The minimum Gasteiger partial charge on any atom is -0.385 e. The molecule has 1 aromatic carbocycles. The third-order valence-corrected chi connectivity index (χ3v) is 3.42. The van der Waals surface area contributed by atoms with Crippen molar-refractivity contribution >= 4 is 21.8 Å². The molecular formula is C13H19BrN2O2. The summed E-state index contributed by atoms with van der Waals surface area (Å²) in [6.45, 7) is 2.42. The number of nitrogens with one attached hydrogen (secondary N) is 1. The Hall–Kier alpha value is -0.910. The zero-order valence-corrected chi connectivity index (χ0v) is 12.2. The molecule has 1 aromatic rings. The van der Waals surface area contributed by atoms with Crippen LogP contribution in [0.1, 0.15) is 24.9 Å². The van der Waals surface area contributed by atoms with Gasteiger partial charge in [-0.1, -0.05) is 34.1 Å². The maximum Gasteiger partial charge on any atom is 0.237 e. The Balaban J connectivity index is 2.57. The second kappa shape index (κ2) is 7.51. The van der Waals surface area contributed by atoms with Crippen LogP contribution in [0.4, 0.5) is 0 Å². The molecule has 0 heterocycles. The second-order valence-corrected chi connectivity index (χ2v) is 4.99. The number of amides is 1. The molecule has 1 amide bonds. The van der Waals surface area contributed by atoms with Gasteiger partial charge in [-0.15, -0.1) is 0 Å². The predicted molar refractivity (Wildman–Crippen MR) is 75.2 cm³/mol. The molecular weight excluding hydrogens is 296 g/mol. The molecule has 100 valence electrons. The highest BCUT2D eigenvalue weighted by Crippen LogP contribution is 2.22. The fraction of sp³-hybridized carbons (Fsp3) is 0.462. The van der Waals surface area contributed by atoms with Crippen molar-refractivity contribution in [3.05, 3.63) is 34.3 Å². The van der Waals surface area contributed by atoms with Crippen LogP contribution >= 0.6 is 15.9 Å². The van der Waals surface area contributed by atoms with Crippen molar-refractivity contribution in [2.75, 3.05) is 13.7 Å². The first-order valence-corrected chi connectivity index (χ1v) is 6.65. The van der Waals surface area contributed by atoms with E-state index in [0.717, 1.165) is 10.0 Å². The average Bonchev–Trinajstić information content (AvgIpc) is 2.36. The Bertz CT molecular complexity index is 398. The Morgan fingerprint density at radius 1 is 1.50 bits per heavy atom. The summed E-state index contributed by atoms with van der Waals surface area (Å²) in [6.07, 6.45) is 0.519. The summed E-state index contributed by atoms with van der Waals surface area (Å²) in [7, 11) is 1.59. The number of carbonyl (C=O) groups is 1. The first-order chi connectivity index (χ1) is 8.56. The van der Waals surface area contributed by atoms with Crippen LogP contribution in [0.25, 0.3) is 0 Å². The van der Waals surface area contributed by atoms with Gasteiger partial charge in [0.2, 0.25) is 5.91 Å². The summed E-state index contributed by atoms with van der Waals surface area (Å²) in [5.74, 6) is -0.157. The molecule has 0 saturated carbocycles. The second-order valence-electron chi connectivity index (χ2n) is 4.14. The molecule has 3 N–H and O–H groups in total. The number of ether oxygens (including phenoxy) is 1. The monoisotopic (exact) mass is 314 g/mol. The molecule has 4 nitrogen and oxygen atoms in total. The number of rotatable bonds is 6. The van der Waals surface area contributed by atoms with Crippen LogP contribution in [0.5, 0.6) is 0 Å². The molecule has 0 aliphatic rings. The summed E-state index contributed by atoms with van der Waals surface area (Å²) in [6, 6.07) is 7.18. The largest absolute Gasteiger partial charge is 0.385 e. The molecule has 0 bridgehead atoms. The zero-order chi connectivity index (χ0) is 13.5. The third-order valence-electron chi connectivity index (χ3n) is 2.70. The van der Waals surface area contributed by atoms with Crippen LogP contribution < -0.4 is 11.1 Å². The number of carbonyl (C=O) groups excluding carboxylic acids is 1. The van der Waals surface area contributed by atoms with E-state index in [1.54, 1.807) is 7.11 Å². The number of hydrogen-bond acceptors (Lipinski definition) is 3. The van der Waals surface area contributed by atoms with E-state index >= 15 is 0 Å². The number of halogens is 1. The summed E-state index contributed by atoms with van der Waals surface area (Å²) in [4.78, 5) is 11.8. The quantitative estimate of drug-likeness (QED) is 0.844. The van der Waals surface area contributed by atoms with Crippen LogP contribution in [-0.2, 0) is 9.53 Å². The summed E-state index contributed by atoms with van der Waals surface area (Å²) in [5, 5.41) is 2.90. The third kappa shape index (κ3) is 4.40. The van der Waals surface area contributed by atoms with E-state index in [0.29, 0.717) is 13.0 Å². The number of benzene rings is 1. The van der Waals surface area contributed by atoms with Crippen molar-refractivity contribution in [1.82, 2.24) is 5.32 Å². The number of nitrogens with two attached hydrogens (primary N) is 1. The van der Waals surface area contributed by atoms with Crippen LogP contribution in [0, 0.1) is 0 Å². The highest BCUT2D eigenvalue weighted by molar-refractivity contribution is 9.10. The van der Waals surface area contributed by atoms with Crippen molar-refractivity contribution in [2.45, 2.75) is 25.4 Å². The van der Waals surface area contributed by atoms with Gasteiger partial charge < -0.3 is 15.8 Å². The van der Waals surface area contributed by atoms with Crippen molar-refractivity contribution in [1.29, 1.82) is 0 Å². The maximum atomic E-state index is 11.8. The van der Waals surface area contributed by atoms with Gasteiger partial charge in [-0.3, -0.25) is 4.79 Å². The molecule has 0 fully saturated rings. The van der Waals surface area contributed by atoms with Crippen LogP contribution in [0.3, 0.4) is 0 Å². The molecule has 2 atom stereocenters. The Morgan fingerprint density at radius 3 is 2.78 bits per heavy atom. The molecule has 18 heavy (non-hydrogen) atoms. The van der Waals surface area contributed by atoms with E-state index in [-0.39, 0.29) is 11.9 Å².